The fourth-order valence-electron chi connectivity index (χ4n) is 1.13. The van der Waals surface area contributed by atoms with E-state index in [1.165, 1.54) is 0 Å². The first-order chi connectivity index (χ1) is 6.95. The van der Waals surface area contributed by atoms with Crippen LogP contribution >= 0.6 is 33.2 Å². The van der Waals surface area contributed by atoms with Crippen molar-refractivity contribution in [1.29, 1.82) is 0 Å². The molecular weight excluding hydrogens is 275 g/mol. The van der Waals surface area contributed by atoms with E-state index in [1.54, 1.807) is 6.08 Å². The molecule has 6 heteroatoms. The molecule has 0 heterocycles. The van der Waals surface area contributed by atoms with Crippen molar-refractivity contribution >= 4 is 39.2 Å². The van der Waals surface area contributed by atoms with Crippen molar-refractivity contribution in [3.63, 3.8) is 0 Å². The van der Waals surface area contributed by atoms with Gasteiger partial charge in [0.1, 0.15) is 0 Å². The Morgan fingerprint density at radius 2 is 1.67 bits per heavy atom. The normalized spacial score (nSPS) is 14.3. The van der Waals surface area contributed by atoms with Gasteiger partial charge in [0, 0.05) is 25.2 Å². The number of hydrogen-bond donors (Lipinski definition) is 0. The zero-order valence-electron chi connectivity index (χ0n) is 9.01. The number of hydrogen-bond acceptors (Lipinski definition) is 2. The van der Waals surface area contributed by atoms with Gasteiger partial charge in [-0.05, 0) is 13.8 Å². The highest BCUT2D eigenvalue weighted by Gasteiger charge is 2.36. The van der Waals surface area contributed by atoms with Crippen LogP contribution in [-0.2, 0) is 9.47 Å². The Labute approximate surface area is 107 Å². The molecule has 15 heavy (non-hydrogen) atoms. The molecule has 0 bridgehead atoms. The molecule has 0 fully saturated rings. The van der Waals surface area contributed by atoms with Crippen LogP contribution in [0.15, 0.2) is 12.7 Å². The molecule has 0 amide bonds. The molecule has 0 saturated carbocycles. The maximum absolute atomic E-state index is 5.93. The smallest absolute Gasteiger partial charge is 0.348 e. The summed E-state index contributed by atoms with van der Waals surface area (Å²) in [5.74, 6) is 0. The lowest BCUT2D eigenvalue weighted by molar-refractivity contribution is -0.138. The fourth-order valence-corrected chi connectivity index (χ4v) is 3.46. The van der Waals surface area contributed by atoms with Crippen molar-refractivity contribution in [2.45, 2.75) is 32.1 Å². The van der Waals surface area contributed by atoms with Crippen molar-refractivity contribution < 1.29 is 9.47 Å². The van der Waals surface area contributed by atoms with Gasteiger partial charge < -0.3 is 9.47 Å². The van der Waals surface area contributed by atoms with E-state index in [0.717, 1.165) is 0 Å². The number of halogens is 3. The number of rotatable bonds is 8. The van der Waals surface area contributed by atoms with Gasteiger partial charge >= 0.3 is 6.00 Å². The second-order valence-corrected chi connectivity index (χ2v) is 11.9. The summed E-state index contributed by atoms with van der Waals surface area (Å²) in [6.45, 7) is 8.64. The lowest BCUT2D eigenvalue weighted by Gasteiger charge is -2.24. The molecule has 0 saturated heterocycles. The van der Waals surface area contributed by atoms with E-state index >= 15 is 0 Å². The summed E-state index contributed by atoms with van der Waals surface area (Å²) < 4.78 is 10.8. The quantitative estimate of drug-likeness (QED) is 0.291. The van der Waals surface area contributed by atoms with E-state index in [0.29, 0.717) is 19.6 Å². The third-order valence-corrected chi connectivity index (χ3v) is 5.69. The maximum Gasteiger partial charge on any atom is 0.348 e. The van der Waals surface area contributed by atoms with Crippen LogP contribution in [0.1, 0.15) is 20.3 Å². The third kappa shape index (κ3) is 6.82. The highest BCUT2D eigenvalue weighted by molar-refractivity contribution is 7.65. The van der Waals surface area contributed by atoms with E-state index < -0.39 is 6.00 Å². The van der Waals surface area contributed by atoms with Crippen LogP contribution in [0.5, 0.6) is 0 Å². The van der Waals surface area contributed by atoms with Crippen LogP contribution in [-0.4, -0.2) is 25.5 Å². The Bertz CT molecular complexity index is 179. The molecule has 2 nitrogen and oxygen atoms in total. The fraction of sp³-hybridized carbons (Fsp3) is 0.778. The molecule has 0 aliphatic rings. The zero-order valence-corrected chi connectivity index (χ0v) is 12.3. The monoisotopic (exact) mass is 290 g/mol. The van der Waals surface area contributed by atoms with Gasteiger partial charge in [-0.2, -0.15) is 0 Å². The molecule has 0 spiro atoms. The molecule has 1 atom stereocenters. The summed E-state index contributed by atoms with van der Waals surface area (Å²) in [5, 5.41) is 0. The molecule has 0 aromatic rings. The van der Waals surface area contributed by atoms with E-state index in [1.807, 2.05) is 13.8 Å². The van der Waals surface area contributed by atoms with Gasteiger partial charge in [-0.1, -0.05) is 6.08 Å². The molecule has 0 radical (unpaired) electrons. The summed E-state index contributed by atoms with van der Waals surface area (Å²) in [7, 11) is 0. The largest absolute Gasteiger partial charge is 0.353 e. The van der Waals surface area contributed by atoms with Crippen LogP contribution < -0.4 is 0 Å². The minimum atomic E-state index is -2.77. The Balaban J connectivity index is 4.28. The standard InChI is InChI=1S/C9H17Cl3O2Si/c1-4-8(15(10,11)12)7-9(13-5-2)14-6-3/h4,8-9H,1,5-7H2,2-3H3. The van der Waals surface area contributed by atoms with E-state index in [4.69, 9.17) is 42.7 Å². The highest BCUT2D eigenvalue weighted by Crippen LogP contribution is 2.38. The van der Waals surface area contributed by atoms with Crippen molar-refractivity contribution in [1.82, 2.24) is 0 Å². The number of ether oxygens (including phenoxy) is 2. The van der Waals surface area contributed by atoms with Gasteiger partial charge in [0.25, 0.3) is 0 Å². The SMILES string of the molecule is C=CC(CC(OCC)OCC)[Si](Cl)(Cl)Cl. The minimum Gasteiger partial charge on any atom is -0.353 e. The van der Waals surface area contributed by atoms with Gasteiger partial charge in [-0.25, -0.2) is 0 Å². The zero-order chi connectivity index (χ0) is 11.9. The van der Waals surface area contributed by atoms with E-state index in [9.17, 15) is 0 Å². The second kappa shape index (κ2) is 7.93. The minimum absolute atomic E-state index is 0.148. The Morgan fingerprint density at radius 1 is 1.20 bits per heavy atom. The first kappa shape index (κ1) is 15.7. The van der Waals surface area contributed by atoms with E-state index in [2.05, 4.69) is 6.58 Å². The molecule has 90 valence electrons. The summed E-state index contributed by atoms with van der Waals surface area (Å²) in [5.41, 5.74) is -0.148. The van der Waals surface area contributed by atoms with Gasteiger partial charge in [-0.3, -0.25) is 0 Å². The third-order valence-electron chi connectivity index (χ3n) is 1.86. The van der Waals surface area contributed by atoms with Crippen LogP contribution in [0.25, 0.3) is 0 Å². The summed E-state index contributed by atoms with van der Waals surface area (Å²) in [4.78, 5) is 0. The Morgan fingerprint density at radius 3 is 1.93 bits per heavy atom. The van der Waals surface area contributed by atoms with Gasteiger partial charge in [0.15, 0.2) is 6.29 Å². The molecule has 0 aromatic heterocycles. The van der Waals surface area contributed by atoms with Crippen LogP contribution in [0, 0.1) is 0 Å². The van der Waals surface area contributed by atoms with Gasteiger partial charge in [-0.15, -0.1) is 39.8 Å². The topological polar surface area (TPSA) is 18.5 Å². The summed E-state index contributed by atoms with van der Waals surface area (Å²) >= 11 is 17.8. The molecule has 0 N–H and O–H groups in total. The highest BCUT2D eigenvalue weighted by atomic mass is 35.8. The van der Waals surface area contributed by atoms with Crippen LogP contribution in [0.2, 0.25) is 5.54 Å². The lowest BCUT2D eigenvalue weighted by atomic mass is 10.3. The van der Waals surface area contributed by atoms with Crippen molar-refractivity contribution in [2.75, 3.05) is 13.2 Å². The van der Waals surface area contributed by atoms with Crippen molar-refractivity contribution in [2.24, 2.45) is 0 Å². The second-order valence-electron chi connectivity index (χ2n) is 2.96. The maximum atomic E-state index is 5.93. The van der Waals surface area contributed by atoms with Crippen LogP contribution in [0.3, 0.4) is 0 Å². The van der Waals surface area contributed by atoms with E-state index in [-0.39, 0.29) is 11.8 Å². The first-order valence-electron chi connectivity index (χ1n) is 4.88. The van der Waals surface area contributed by atoms with Gasteiger partial charge in [0.05, 0.1) is 0 Å². The Kier molecular flexibility index (Phi) is 8.32. The summed E-state index contributed by atoms with van der Waals surface area (Å²) in [6, 6.07) is -2.77. The molecule has 0 aliphatic heterocycles. The molecule has 0 aliphatic carbocycles. The Hall–Kier alpha value is 0.747. The average Bonchev–Trinajstić information content (AvgIpc) is 2.12. The molecular formula is C9H17Cl3O2Si. The average molecular weight is 292 g/mol. The summed E-state index contributed by atoms with van der Waals surface area (Å²) in [6.07, 6.45) is 1.91. The molecule has 0 aromatic carbocycles. The lowest BCUT2D eigenvalue weighted by Crippen LogP contribution is -2.26. The van der Waals surface area contributed by atoms with Crippen molar-refractivity contribution in [3.05, 3.63) is 12.7 Å². The predicted molar refractivity (Wildman–Crippen MR) is 68.9 cm³/mol. The predicted octanol–water partition coefficient (Wildman–Crippen LogP) is 3.99. The van der Waals surface area contributed by atoms with Crippen LogP contribution in [0.4, 0.5) is 0 Å². The van der Waals surface area contributed by atoms with Gasteiger partial charge in [0.2, 0.25) is 0 Å². The molecule has 1 unspecified atom stereocenters. The first-order valence-corrected chi connectivity index (χ1v) is 9.99. The molecule has 0 rings (SSSR count). The van der Waals surface area contributed by atoms with Crippen molar-refractivity contribution in [3.8, 4) is 0 Å². The number of allylic oxidation sites excluding steroid dienone is 1.